The van der Waals surface area contributed by atoms with Crippen molar-refractivity contribution in [3.63, 3.8) is 0 Å². The summed E-state index contributed by atoms with van der Waals surface area (Å²) in [5.41, 5.74) is 4.57. The van der Waals surface area contributed by atoms with Crippen molar-refractivity contribution < 1.29 is 10.0 Å². The van der Waals surface area contributed by atoms with E-state index in [0.29, 0.717) is 13.0 Å². The molecule has 0 bridgehead atoms. The third kappa shape index (κ3) is 2.98. The molecule has 7 heteroatoms. The van der Waals surface area contributed by atoms with E-state index in [9.17, 15) is 4.79 Å². The monoisotopic (exact) mass is 270 g/mol. The summed E-state index contributed by atoms with van der Waals surface area (Å²) in [7, 11) is 0. The SMILES string of the molecule is CCC(C)(C(=O)NCc1cnc(C)s1)C(N)=NO. The molecule has 0 saturated carbocycles. The zero-order chi connectivity index (χ0) is 13.8. The van der Waals surface area contributed by atoms with Crippen molar-refractivity contribution in [2.24, 2.45) is 16.3 Å². The van der Waals surface area contributed by atoms with Gasteiger partial charge in [0.2, 0.25) is 5.91 Å². The maximum atomic E-state index is 12.1. The number of nitrogens with one attached hydrogen (secondary N) is 1. The highest BCUT2D eigenvalue weighted by Gasteiger charge is 2.36. The topological polar surface area (TPSA) is 101 Å². The van der Waals surface area contributed by atoms with Gasteiger partial charge in [-0.3, -0.25) is 4.79 Å². The molecule has 1 aromatic rings. The Kier molecular flexibility index (Phi) is 4.66. The van der Waals surface area contributed by atoms with Gasteiger partial charge in [-0.2, -0.15) is 0 Å². The van der Waals surface area contributed by atoms with E-state index in [-0.39, 0.29) is 11.7 Å². The normalized spacial score (nSPS) is 15.2. The molecule has 1 unspecified atom stereocenters. The predicted molar refractivity (Wildman–Crippen MR) is 70.5 cm³/mol. The summed E-state index contributed by atoms with van der Waals surface area (Å²) in [6.07, 6.45) is 2.18. The van der Waals surface area contributed by atoms with Crippen LogP contribution in [-0.2, 0) is 11.3 Å². The molecule has 0 radical (unpaired) electrons. The first-order valence-corrected chi connectivity index (χ1v) is 6.43. The second kappa shape index (κ2) is 5.81. The fraction of sp³-hybridized carbons (Fsp3) is 0.545. The Morgan fingerprint density at radius 3 is 2.83 bits per heavy atom. The predicted octanol–water partition coefficient (Wildman–Crippen LogP) is 1.23. The summed E-state index contributed by atoms with van der Waals surface area (Å²) >= 11 is 1.53. The molecule has 0 spiro atoms. The van der Waals surface area contributed by atoms with Crippen LogP contribution >= 0.6 is 11.3 Å². The summed E-state index contributed by atoms with van der Waals surface area (Å²) in [5.74, 6) is -0.339. The van der Waals surface area contributed by atoms with Gasteiger partial charge in [-0.25, -0.2) is 4.98 Å². The van der Waals surface area contributed by atoms with Crippen molar-refractivity contribution in [1.29, 1.82) is 0 Å². The zero-order valence-corrected chi connectivity index (χ0v) is 11.5. The number of carbonyl (C=O) groups is 1. The van der Waals surface area contributed by atoms with E-state index < -0.39 is 5.41 Å². The second-order valence-corrected chi connectivity index (χ2v) is 5.52. The number of oxime groups is 1. The van der Waals surface area contributed by atoms with E-state index in [1.165, 1.54) is 11.3 Å². The number of aromatic nitrogens is 1. The van der Waals surface area contributed by atoms with Crippen LogP contribution < -0.4 is 11.1 Å². The van der Waals surface area contributed by atoms with Crippen LogP contribution in [0.25, 0.3) is 0 Å². The second-order valence-electron chi connectivity index (χ2n) is 4.20. The van der Waals surface area contributed by atoms with Crippen molar-refractivity contribution in [3.05, 3.63) is 16.1 Å². The smallest absolute Gasteiger partial charge is 0.233 e. The Balaban J connectivity index is 2.69. The maximum absolute atomic E-state index is 12.1. The molecule has 4 N–H and O–H groups in total. The molecule has 1 amide bonds. The lowest BCUT2D eigenvalue weighted by Crippen LogP contribution is -2.47. The van der Waals surface area contributed by atoms with E-state index in [1.807, 2.05) is 13.8 Å². The highest BCUT2D eigenvalue weighted by molar-refractivity contribution is 7.11. The van der Waals surface area contributed by atoms with Crippen LogP contribution in [0.2, 0.25) is 0 Å². The van der Waals surface area contributed by atoms with Gasteiger partial charge in [0.05, 0.1) is 11.6 Å². The van der Waals surface area contributed by atoms with Gasteiger partial charge in [0.15, 0.2) is 5.84 Å². The molecule has 0 fully saturated rings. The summed E-state index contributed by atoms with van der Waals surface area (Å²) in [4.78, 5) is 17.2. The van der Waals surface area contributed by atoms with Gasteiger partial charge < -0.3 is 16.3 Å². The Morgan fingerprint density at radius 1 is 1.72 bits per heavy atom. The number of rotatable bonds is 5. The standard InChI is InChI=1S/C11H18N4O2S/c1-4-11(3,9(12)15-17)10(16)14-6-8-5-13-7(2)18-8/h5,17H,4,6H2,1-3H3,(H2,12,15)(H,14,16). The van der Waals surface area contributed by atoms with Gasteiger partial charge in [0.25, 0.3) is 0 Å². The fourth-order valence-corrected chi connectivity index (χ4v) is 2.15. The van der Waals surface area contributed by atoms with Gasteiger partial charge in [0, 0.05) is 11.1 Å². The van der Waals surface area contributed by atoms with Gasteiger partial charge >= 0.3 is 0 Å². The highest BCUT2D eigenvalue weighted by Crippen LogP contribution is 2.22. The van der Waals surface area contributed by atoms with Crippen molar-refractivity contribution in [1.82, 2.24) is 10.3 Å². The molecular formula is C11H18N4O2S. The molecule has 18 heavy (non-hydrogen) atoms. The minimum atomic E-state index is -0.992. The molecule has 0 aliphatic rings. The first-order valence-electron chi connectivity index (χ1n) is 5.61. The fourth-order valence-electron chi connectivity index (χ4n) is 1.42. The number of nitrogens with two attached hydrogens (primary N) is 1. The Bertz CT molecular complexity index is 458. The molecule has 0 aliphatic heterocycles. The molecule has 0 saturated heterocycles. The number of thiazole rings is 1. The van der Waals surface area contributed by atoms with Crippen molar-refractivity contribution in [2.75, 3.05) is 0 Å². The highest BCUT2D eigenvalue weighted by atomic mass is 32.1. The molecule has 1 rings (SSSR count). The van der Waals surface area contributed by atoms with Crippen molar-refractivity contribution >= 4 is 23.1 Å². The number of nitrogens with zero attached hydrogens (tertiary/aromatic N) is 2. The summed E-state index contributed by atoms with van der Waals surface area (Å²) < 4.78 is 0. The summed E-state index contributed by atoms with van der Waals surface area (Å²) in [6, 6.07) is 0. The molecule has 0 aromatic carbocycles. The third-order valence-corrected chi connectivity index (χ3v) is 3.89. The molecule has 6 nitrogen and oxygen atoms in total. The van der Waals surface area contributed by atoms with Gasteiger partial charge in [-0.1, -0.05) is 12.1 Å². The molecule has 1 heterocycles. The average Bonchev–Trinajstić information content (AvgIpc) is 2.79. The largest absolute Gasteiger partial charge is 0.409 e. The van der Waals surface area contributed by atoms with E-state index in [4.69, 9.17) is 10.9 Å². The molecule has 0 aliphatic carbocycles. The Hall–Kier alpha value is -1.63. The van der Waals surface area contributed by atoms with E-state index >= 15 is 0 Å². The number of carbonyl (C=O) groups excluding carboxylic acids is 1. The van der Waals surface area contributed by atoms with Crippen LogP contribution in [0.1, 0.15) is 30.2 Å². The summed E-state index contributed by atoms with van der Waals surface area (Å²) in [6.45, 7) is 5.77. The van der Waals surface area contributed by atoms with Crippen LogP contribution in [0, 0.1) is 12.3 Å². The minimum absolute atomic E-state index is 0.0806. The van der Waals surface area contributed by atoms with E-state index in [0.717, 1.165) is 9.88 Å². The van der Waals surface area contributed by atoms with Crippen LogP contribution in [0.4, 0.5) is 0 Å². The lowest BCUT2D eigenvalue weighted by atomic mass is 9.85. The minimum Gasteiger partial charge on any atom is -0.409 e. The van der Waals surface area contributed by atoms with E-state index in [2.05, 4.69) is 15.5 Å². The van der Waals surface area contributed by atoms with Crippen LogP contribution in [0.3, 0.4) is 0 Å². The van der Waals surface area contributed by atoms with Gasteiger partial charge in [-0.15, -0.1) is 11.3 Å². The van der Waals surface area contributed by atoms with Crippen LogP contribution in [0.5, 0.6) is 0 Å². The maximum Gasteiger partial charge on any atom is 0.233 e. The molecule has 100 valence electrons. The van der Waals surface area contributed by atoms with Crippen molar-refractivity contribution in [2.45, 2.75) is 33.7 Å². The Morgan fingerprint density at radius 2 is 2.39 bits per heavy atom. The van der Waals surface area contributed by atoms with Crippen molar-refractivity contribution in [3.8, 4) is 0 Å². The zero-order valence-electron chi connectivity index (χ0n) is 10.7. The van der Waals surface area contributed by atoms with Crippen LogP contribution in [0.15, 0.2) is 11.4 Å². The number of hydrogen-bond acceptors (Lipinski definition) is 5. The van der Waals surface area contributed by atoms with E-state index in [1.54, 1.807) is 13.1 Å². The summed E-state index contributed by atoms with van der Waals surface area (Å²) in [5, 5.41) is 15.4. The number of amides is 1. The average molecular weight is 270 g/mol. The molecular weight excluding hydrogens is 252 g/mol. The molecule has 1 atom stereocenters. The first-order chi connectivity index (χ1) is 8.43. The lowest BCUT2D eigenvalue weighted by molar-refractivity contribution is -0.127. The first kappa shape index (κ1) is 14.4. The number of aryl methyl sites for hydroxylation is 1. The number of hydrogen-bond donors (Lipinski definition) is 3. The number of amidine groups is 1. The Labute approximate surface area is 110 Å². The molecule has 1 aromatic heterocycles. The van der Waals surface area contributed by atoms with Gasteiger partial charge in [-0.05, 0) is 20.3 Å². The van der Waals surface area contributed by atoms with Gasteiger partial charge in [0.1, 0.15) is 5.41 Å². The third-order valence-electron chi connectivity index (χ3n) is 2.97. The van der Waals surface area contributed by atoms with Crippen LogP contribution in [-0.4, -0.2) is 21.9 Å². The quantitative estimate of drug-likeness (QED) is 0.324. The lowest BCUT2D eigenvalue weighted by Gasteiger charge is -2.25.